The van der Waals surface area contributed by atoms with Gasteiger partial charge in [0.15, 0.2) is 0 Å². The first-order valence-electron chi connectivity index (χ1n) is 9.51. The number of carbonyl (C=O) groups is 1. The van der Waals surface area contributed by atoms with Crippen LogP contribution in [0.5, 0.6) is 0 Å². The molecule has 0 aromatic heterocycles. The molecule has 1 fully saturated rings. The van der Waals surface area contributed by atoms with E-state index in [1.54, 1.807) is 0 Å². The lowest BCUT2D eigenvalue weighted by atomic mass is 9.96. The Hall–Kier alpha value is -2.49. The highest BCUT2D eigenvalue weighted by atomic mass is 16.5. The molecule has 4 nitrogen and oxygen atoms in total. The fourth-order valence-corrected chi connectivity index (χ4v) is 3.75. The maximum absolute atomic E-state index is 12.7. The van der Waals surface area contributed by atoms with Crippen LogP contribution in [0, 0.1) is 0 Å². The van der Waals surface area contributed by atoms with Crippen molar-refractivity contribution in [3.8, 4) is 11.1 Å². The zero-order valence-electron chi connectivity index (χ0n) is 16.0. The van der Waals surface area contributed by atoms with Crippen LogP contribution < -0.4 is 9.80 Å². The molecule has 0 N–H and O–H groups in total. The smallest absolute Gasteiger partial charge is 0.340 e. The van der Waals surface area contributed by atoms with Gasteiger partial charge in [0.05, 0.1) is 18.4 Å². The minimum atomic E-state index is -0.267. The van der Waals surface area contributed by atoms with E-state index in [1.165, 1.54) is 7.11 Å². The largest absolute Gasteiger partial charge is 0.465 e. The molecular formula is C22H28N2O2. The van der Waals surface area contributed by atoms with Gasteiger partial charge in [-0.3, -0.25) is 0 Å². The molecule has 1 aliphatic heterocycles. The molecule has 138 valence electrons. The molecule has 2 aromatic carbocycles. The predicted molar refractivity (Wildman–Crippen MR) is 108 cm³/mol. The monoisotopic (exact) mass is 352 g/mol. The number of methoxy groups -OCH3 is 1. The summed E-state index contributed by atoms with van der Waals surface area (Å²) in [6, 6.07) is 14.4. The first-order valence-corrected chi connectivity index (χ1v) is 9.51. The van der Waals surface area contributed by atoms with Crippen LogP contribution in [0.2, 0.25) is 0 Å². The number of nitrogens with zero attached hydrogens (tertiary/aromatic N) is 2. The van der Waals surface area contributed by atoms with Crippen LogP contribution in [0.4, 0.5) is 11.4 Å². The quantitative estimate of drug-likeness (QED) is 0.712. The summed E-state index contributed by atoms with van der Waals surface area (Å²) in [5.74, 6) is -0.267. The second-order valence-electron chi connectivity index (χ2n) is 6.61. The van der Waals surface area contributed by atoms with E-state index in [9.17, 15) is 4.79 Å². The van der Waals surface area contributed by atoms with E-state index >= 15 is 0 Å². The molecule has 1 aliphatic rings. The SMILES string of the molecule is CCN(CC)c1cc(-c2ccccc2)c(C(=O)OC)c(N2CCCC2)c1. The summed E-state index contributed by atoms with van der Waals surface area (Å²) in [4.78, 5) is 17.4. The van der Waals surface area contributed by atoms with Crippen molar-refractivity contribution in [3.05, 3.63) is 48.0 Å². The molecule has 0 amide bonds. The van der Waals surface area contributed by atoms with Gasteiger partial charge in [0, 0.05) is 37.4 Å². The number of esters is 1. The molecule has 0 saturated carbocycles. The van der Waals surface area contributed by atoms with Gasteiger partial charge in [0.1, 0.15) is 0 Å². The Balaban J connectivity index is 2.26. The summed E-state index contributed by atoms with van der Waals surface area (Å²) >= 11 is 0. The summed E-state index contributed by atoms with van der Waals surface area (Å²) in [7, 11) is 1.46. The number of rotatable bonds is 6. The second kappa shape index (κ2) is 8.26. The van der Waals surface area contributed by atoms with Crippen LogP contribution in [0.15, 0.2) is 42.5 Å². The average molecular weight is 352 g/mol. The lowest BCUT2D eigenvalue weighted by Gasteiger charge is -2.28. The van der Waals surface area contributed by atoms with Crippen molar-refractivity contribution in [2.75, 3.05) is 43.1 Å². The van der Waals surface area contributed by atoms with Gasteiger partial charge in [-0.15, -0.1) is 0 Å². The molecule has 0 aliphatic carbocycles. The van der Waals surface area contributed by atoms with Crippen LogP contribution in [0.3, 0.4) is 0 Å². The van der Waals surface area contributed by atoms with Crippen LogP contribution in [0.25, 0.3) is 11.1 Å². The Morgan fingerprint density at radius 1 is 1.08 bits per heavy atom. The van der Waals surface area contributed by atoms with Gasteiger partial charge in [-0.2, -0.15) is 0 Å². The van der Waals surface area contributed by atoms with Crippen molar-refractivity contribution in [1.29, 1.82) is 0 Å². The molecular weight excluding hydrogens is 324 g/mol. The van der Waals surface area contributed by atoms with Gasteiger partial charge in [0.25, 0.3) is 0 Å². The molecule has 0 bridgehead atoms. The third-order valence-corrected chi connectivity index (χ3v) is 5.15. The normalized spacial score (nSPS) is 13.7. The zero-order chi connectivity index (χ0) is 18.5. The molecule has 0 unspecified atom stereocenters. The van der Waals surface area contributed by atoms with Crippen LogP contribution in [0.1, 0.15) is 37.0 Å². The molecule has 0 radical (unpaired) electrons. The predicted octanol–water partition coefficient (Wildman–Crippen LogP) is 4.59. The standard InChI is InChI=1S/C22H28N2O2/c1-4-23(5-2)18-15-19(17-11-7-6-8-12-17)21(22(25)26-3)20(16-18)24-13-9-10-14-24/h6-8,11-12,15-16H,4-5,9-10,13-14H2,1-3H3. The maximum Gasteiger partial charge on any atom is 0.340 e. The Labute approximate surface area is 156 Å². The van der Waals surface area contributed by atoms with Crippen molar-refractivity contribution >= 4 is 17.3 Å². The van der Waals surface area contributed by atoms with E-state index in [0.717, 1.165) is 61.5 Å². The highest BCUT2D eigenvalue weighted by Crippen LogP contribution is 2.38. The van der Waals surface area contributed by atoms with E-state index in [4.69, 9.17) is 4.74 Å². The van der Waals surface area contributed by atoms with E-state index in [-0.39, 0.29) is 5.97 Å². The Kier molecular flexibility index (Phi) is 5.82. The molecule has 2 aromatic rings. The van der Waals surface area contributed by atoms with Crippen LogP contribution in [-0.4, -0.2) is 39.3 Å². The molecule has 0 atom stereocenters. The average Bonchev–Trinajstić information content (AvgIpc) is 3.23. The summed E-state index contributed by atoms with van der Waals surface area (Å²) in [5, 5.41) is 0. The first-order chi connectivity index (χ1) is 12.7. The highest BCUT2D eigenvalue weighted by Gasteiger charge is 2.25. The number of carbonyl (C=O) groups excluding carboxylic acids is 1. The van der Waals surface area contributed by atoms with Gasteiger partial charge < -0.3 is 14.5 Å². The first kappa shape index (κ1) is 18.3. The Morgan fingerprint density at radius 2 is 1.73 bits per heavy atom. The fraction of sp³-hybridized carbons (Fsp3) is 0.409. The van der Waals surface area contributed by atoms with E-state index in [0.29, 0.717) is 5.56 Å². The van der Waals surface area contributed by atoms with E-state index in [1.807, 2.05) is 18.2 Å². The number of benzene rings is 2. The third-order valence-electron chi connectivity index (χ3n) is 5.15. The van der Waals surface area contributed by atoms with Crippen molar-refractivity contribution in [1.82, 2.24) is 0 Å². The Bertz CT molecular complexity index is 748. The number of hydrogen-bond acceptors (Lipinski definition) is 4. The molecule has 26 heavy (non-hydrogen) atoms. The van der Waals surface area contributed by atoms with Gasteiger partial charge in [-0.1, -0.05) is 30.3 Å². The molecule has 3 rings (SSSR count). The topological polar surface area (TPSA) is 32.8 Å². The highest BCUT2D eigenvalue weighted by molar-refractivity contribution is 6.04. The molecule has 1 saturated heterocycles. The lowest BCUT2D eigenvalue weighted by molar-refractivity contribution is 0.0602. The van der Waals surface area contributed by atoms with Crippen molar-refractivity contribution in [2.24, 2.45) is 0 Å². The van der Waals surface area contributed by atoms with Crippen molar-refractivity contribution in [3.63, 3.8) is 0 Å². The minimum Gasteiger partial charge on any atom is -0.465 e. The fourth-order valence-electron chi connectivity index (χ4n) is 3.75. The summed E-state index contributed by atoms with van der Waals surface area (Å²) < 4.78 is 5.17. The van der Waals surface area contributed by atoms with Gasteiger partial charge in [0.2, 0.25) is 0 Å². The molecule has 0 spiro atoms. The van der Waals surface area contributed by atoms with Crippen LogP contribution >= 0.6 is 0 Å². The van der Waals surface area contributed by atoms with Crippen molar-refractivity contribution < 1.29 is 9.53 Å². The number of hydrogen-bond donors (Lipinski definition) is 0. The molecule has 4 heteroatoms. The van der Waals surface area contributed by atoms with Crippen LogP contribution in [-0.2, 0) is 4.74 Å². The number of anilines is 2. The summed E-state index contributed by atoms with van der Waals surface area (Å²) in [5.41, 5.74) is 4.82. The zero-order valence-corrected chi connectivity index (χ0v) is 16.0. The lowest BCUT2D eigenvalue weighted by Crippen LogP contribution is -2.25. The third kappa shape index (κ3) is 3.55. The molecule has 1 heterocycles. The second-order valence-corrected chi connectivity index (χ2v) is 6.61. The van der Waals surface area contributed by atoms with E-state index < -0.39 is 0 Å². The minimum absolute atomic E-state index is 0.267. The van der Waals surface area contributed by atoms with Gasteiger partial charge >= 0.3 is 5.97 Å². The maximum atomic E-state index is 12.7. The summed E-state index contributed by atoms with van der Waals surface area (Å²) in [6.45, 7) is 8.16. The summed E-state index contributed by atoms with van der Waals surface area (Å²) in [6.07, 6.45) is 2.33. The van der Waals surface area contributed by atoms with Gasteiger partial charge in [-0.25, -0.2) is 4.79 Å². The van der Waals surface area contributed by atoms with Crippen molar-refractivity contribution in [2.45, 2.75) is 26.7 Å². The Morgan fingerprint density at radius 3 is 2.31 bits per heavy atom. The van der Waals surface area contributed by atoms with Gasteiger partial charge in [-0.05, 0) is 44.4 Å². The number of ether oxygens (including phenoxy) is 1. The van der Waals surface area contributed by atoms with E-state index in [2.05, 4.69) is 47.9 Å².